The van der Waals surface area contributed by atoms with Gasteiger partial charge in [0.25, 0.3) is 11.5 Å². The standard InChI is InChI=1S/C26H23BrN4O3/c1-17(2)25-30-23-12-11-19(27)14-22(23)26(33)31(25)28-15-18-7-6-10-21(13-18)34-16-24(32)29-20-8-4-3-5-9-20/h3-15,17H,16H2,1-2H3,(H,29,32). The van der Waals surface area contributed by atoms with Gasteiger partial charge in [-0.15, -0.1) is 0 Å². The highest BCUT2D eigenvalue weighted by atomic mass is 79.9. The average Bonchev–Trinajstić information content (AvgIpc) is 2.83. The zero-order chi connectivity index (χ0) is 24.1. The molecule has 0 aliphatic carbocycles. The Morgan fingerprint density at radius 1 is 1.12 bits per heavy atom. The molecule has 4 aromatic rings. The molecule has 4 rings (SSSR count). The SMILES string of the molecule is CC(C)c1nc2ccc(Br)cc2c(=O)n1N=Cc1cccc(OCC(=O)Nc2ccccc2)c1. The van der Waals surface area contributed by atoms with Crippen molar-refractivity contribution < 1.29 is 9.53 Å². The van der Waals surface area contributed by atoms with E-state index in [2.05, 4.69) is 31.3 Å². The van der Waals surface area contributed by atoms with Gasteiger partial charge in [-0.3, -0.25) is 9.59 Å². The van der Waals surface area contributed by atoms with Crippen LogP contribution < -0.4 is 15.6 Å². The lowest BCUT2D eigenvalue weighted by Crippen LogP contribution is -2.23. The lowest BCUT2D eigenvalue weighted by molar-refractivity contribution is -0.118. The summed E-state index contributed by atoms with van der Waals surface area (Å²) in [6.07, 6.45) is 1.58. The van der Waals surface area contributed by atoms with Crippen LogP contribution in [0.3, 0.4) is 0 Å². The number of hydrogen-bond acceptors (Lipinski definition) is 5. The van der Waals surface area contributed by atoms with E-state index in [1.165, 1.54) is 4.68 Å². The van der Waals surface area contributed by atoms with Gasteiger partial charge in [-0.2, -0.15) is 9.78 Å². The van der Waals surface area contributed by atoms with E-state index in [1.807, 2.05) is 62.4 Å². The van der Waals surface area contributed by atoms with Gasteiger partial charge in [-0.25, -0.2) is 4.98 Å². The van der Waals surface area contributed by atoms with Crippen LogP contribution in [-0.2, 0) is 4.79 Å². The third-order valence-electron chi connectivity index (χ3n) is 4.96. The molecular formula is C26H23BrN4O3. The first kappa shape index (κ1) is 23.4. The fraction of sp³-hybridized carbons (Fsp3) is 0.154. The predicted molar refractivity (Wildman–Crippen MR) is 138 cm³/mol. The highest BCUT2D eigenvalue weighted by Crippen LogP contribution is 2.19. The number of carbonyl (C=O) groups excluding carboxylic acids is 1. The number of amides is 1. The predicted octanol–water partition coefficient (Wildman–Crippen LogP) is 5.18. The first-order valence-electron chi connectivity index (χ1n) is 10.7. The molecule has 3 aromatic carbocycles. The van der Waals surface area contributed by atoms with Gasteiger partial charge in [0.05, 0.1) is 17.1 Å². The fourth-order valence-corrected chi connectivity index (χ4v) is 3.69. The number of para-hydroxylation sites is 1. The van der Waals surface area contributed by atoms with E-state index in [0.717, 1.165) is 10.0 Å². The van der Waals surface area contributed by atoms with Crippen molar-refractivity contribution in [1.82, 2.24) is 9.66 Å². The number of fused-ring (bicyclic) bond motifs is 1. The van der Waals surface area contributed by atoms with E-state index >= 15 is 0 Å². The summed E-state index contributed by atoms with van der Waals surface area (Å²) in [7, 11) is 0. The lowest BCUT2D eigenvalue weighted by atomic mass is 10.2. The summed E-state index contributed by atoms with van der Waals surface area (Å²) in [6.45, 7) is 3.80. The molecule has 0 spiro atoms. The van der Waals surface area contributed by atoms with E-state index in [0.29, 0.717) is 28.2 Å². The van der Waals surface area contributed by atoms with Gasteiger partial charge >= 0.3 is 0 Å². The Balaban J connectivity index is 1.53. The van der Waals surface area contributed by atoms with Crippen LogP contribution in [0, 0.1) is 0 Å². The van der Waals surface area contributed by atoms with Gasteiger partial charge in [0.2, 0.25) is 0 Å². The monoisotopic (exact) mass is 518 g/mol. The molecular weight excluding hydrogens is 496 g/mol. The number of hydrogen-bond donors (Lipinski definition) is 1. The van der Waals surface area contributed by atoms with Crippen molar-refractivity contribution in [2.24, 2.45) is 5.10 Å². The molecule has 7 nitrogen and oxygen atoms in total. The number of benzene rings is 3. The zero-order valence-corrected chi connectivity index (χ0v) is 20.3. The van der Waals surface area contributed by atoms with Crippen LogP contribution >= 0.6 is 15.9 Å². The molecule has 34 heavy (non-hydrogen) atoms. The molecule has 0 aliphatic rings. The number of nitrogens with zero attached hydrogens (tertiary/aromatic N) is 3. The number of aromatic nitrogens is 2. The van der Waals surface area contributed by atoms with Crippen molar-refractivity contribution in [1.29, 1.82) is 0 Å². The Labute approximate surface area is 205 Å². The molecule has 0 saturated heterocycles. The molecule has 8 heteroatoms. The second kappa shape index (κ2) is 10.4. The van der Waals surface area contributed by atoms with Crippen LogP contribution in [0.15, 0.2) is 87.2 Å². The second-order valence-electron chi connectivity index (χ2n) is 7.92. The van der Waals surface area contributed by atoms with Gasteiger partial charge in [0.1, 0.15) is 11.6 Å². The first-order valence-corrected chi connectivity index (χ1v) is 11.5. The Kier molecular flexibility index (Phi) is 7.18. The van der Waals surface area contributed by atoms with E-state index in [-0.39, 0.29) is 24.0 Å². The van der Waals surface area contributed by atoms with Crippen molar-refractivity contribution in [3.8, 4) is 5.75 Å². The third kappa shape index (κ3) is 5.58. The van der Waals surface area contributed by atoms with Crippen molar-refractivity contribution >= 4 is 44.6 Å². The summed E-state index contributed by atoms with van der Waals surface area (Å²) in [5, 5.41) is 7.70. The summed E-state index contributed by atoms with van der Waals surface area (Å²) >= 11 is 3.41. The Bertz CT molecular complexity index is 1410. The van der Waals surface area contributed by atoms with Crippen LogP contribution in [0.5, 0.6) is 5.75 Å². The van der Waals surface area contributed by atoms with Crippen molar-refractivity contribution in [2.75, 3.05) is 11.9 Å². The largest absolute Gasteiger partial charge is 0.484 e. The molecule has 1 aromatic heterocycles. The summed E-state index contributed by atoms with van der Waals surface area (Å²) in [6, 6.07) is 21.8. The second-order valence-corrected chi connectivity index (χ2v) is 8.84. The van der Waals surface area contributed by atoms with Crippen LogP contribution in [0.25, 0.3) is 10.9 Å². The smallest absolute Gasteiger partial charge is 0.282 e. The highest BCUT2D eigenvalue weighted by molar-refractivity contribution is 9.10. The molecule has 1 heterocycles. The molecule has 0 fully saturated rings. The summed E-state index contributed by atoms with van der Waals surface area (Å²) in [4.78, 5) is 29.9. The number of halogens is 1. The molecule has 0 atom stereocenters. The molecule has 172 valence electrons. The van der Waals surface area contributed by atoms with Gasteiger partial charge in [-0.1, -0.05) is 60.1 Å². The van der Waals surface area contributed by atoms with E-state index in [4.69, 9.17) is 4.74 Å². The number of carbonyl (C=O) groups is 1. The maximum atomic E-state index is 13.1. The first-order chi connectivity index (χ1) is 16.4. The lowest BCUT2D eigenvalue weighted by Gasteiger charge is -2.12. The highest BCUT2D eigenvalue weighted by Gasteiger charge is 2.13. The number of ether oxygens (including phenoxy) is 1. The minimum absolute atomic E-state index is 0.00399. The Morgan fingerprint density at radius 3 is 2.68 bits per heavy atom. The topological polar surface area (TPSA) is 85.6 Å². The minimum Gasteiger partial charge on any atom is -0.484 e. The number of rotatable bonds is 7. The number of nitrogens with one attached hydrogen (secondary N) is 1. The Morgan fingerprint density at radius 2 is 1.91 bits per heavy atom. The molecule has 0 aliphatic heterocycles. The number of anilines is 1. The summed E-state index contributed by atoms with van der Waals surface area (Å²) < 4.78 is 7.76. The third-order valence-corrected chi connectivity index (χ3v) is 5.45. The maximum Gasteiger partial charge on any atom is 0.282 e. The molecule has 0 radical (unpaired) electrons. The quantitative estimate of drug-likeness (QED) is 0.341. The van der Waals surface area contributed by atoms with Crippen molar-refractivity contribution in [3.63, 3.8) is 0 Å². The molecule has 1 amide bonds. The van der Waals surface area contributed by atoms with Gasteiger partial charge in [0.15, 0.2) is 6.61 Å². The van der Waals surface area contributed by atoms with Crippen LogP contribution in [0.4, 0.5) is 5.69 Å². The molecule has 0 unspecified atom stereocenters. The van der Waals surface area contributed by atoms with Crippen LogP contribution in [0.1, 0.15) is 31.2 Å². The van der Waals surface area contributed by atoms with Crippen molar-refractivity contribution in [3.05, 3.63) is 99.0 Å². The van der Waals surface area contributed by atoms with E-state index < -0.39 is 0 Å². The van der Waals surface area contributed by atoms with Crippen LogP contribution in [0.2, 0.25) is 0 Å². The van der Waals surface area contributed by atoms with Gasteiger partial charge < -0.3 is 10.1 Å². The van der Waals surface area contributed by atoms with Crippen molar-refractivity contribution in [2.45, 2.75) is 19.8 Å². The van der Waals surface area contributed by atoms with E-state index in [9.17, 15) is 9.59 Å². The molecule has 0 bridgehead atoms. The molecule has 1 N–H and O–H groups in total. The van der Waals surface area contributed by atoms with Crippen LogP contribution in [-0.4, -0.2) is 28.4 Å². The maximum absolute atomic E-state index is 13.1. The summed E-state index contributed by atoms with van der Waals surface area (Å²) in [5.74, 6) is 0.827. The van der Waals surface area contributed by atoms with E-state index in [1.54, 1.807) is 30.5 Å². The zero-order valence-electron chi connectivity index (χ0n) is 18.7. The Hall–Kier alpha value is -3.78. The van der Waals surface area contributed by atoms with Gasteiger partial charge in [0, 0.05) is 16.1 Å². The average molecular weight is 519 g/mol. The summed E-state index contributed by atoms with van der Waals surface area (Å²) in [5.41, 5.74) is 1.82. The fourth-order valence-electron chi connectivity index (χ4n) is 3.33. The molecule has 0 saturated carbocycles. The van der Waals surface area contributed by atoms with Gasteiger partial charge in [-0.05, 0) is 48.0 Å². The normalized spacial score (nSPS) is 11.3. The minimum atomic E-state index is -0.258.